The zero-order valence-corrected chi connectivity index (χ0v) is 22.1. The number of esters is 1. The lowest BCUT2D eigenvalue weighted by molar-refractivity contribution is -0.136. The number of nitrogens with zero attached hydrogens (tertiary/aromatic N) is 2. The third-order valence-electron chi connectivity index (χ3n) is 8.09. The third-order valence-corrected chi connectivity index (χ3v) is 8.09. The summed E-state index contributed by atoms with van der Waals surface area (Å²) in [6.45, 7) is -0.375. The Morgan fingerprint density at radius 1 is 0.875 bits per heavy atom. The number of amides is 1. The van der Waals surface area contributed by atoms with E-state index in [0.29, 0.717) is 12.0 Å². The molecule has 1 aliphatic carbocycles. The molecule has 1 atom stereocenters. The van der Waals surface area contributed by atoms with Gasteiger partial charge in [0.05, 0.1) is 17.3 Å². The van der Waals surface area contributed by atoms with Crippen LogP contribution < -0.4 is 0 Å². The van der Waals surface area contributed by atoms with E-state index in [1.807, 2.05) is 60.7 Å². The molecule has 0 fully saturated rings. The van der Waals surface area contributed by atoms with Crippen molar-refractivity contribution in [2.75, 3.05) is 6.61 Å². The van der Waals surface area contributed by atoms with Gasteiger partial charge < -0.3 is 9.72 Å². The SMILES string of the molecule is O=C(OCC(=O)N1N=C(c2ccc3ccccc3c2)CC1c1ccccc1)c1ccc2[nH]c3c(c2c1)CCCC3. The molecule has 5 aromatic rings. The van der Waals surface area contributed by atoms with Crippen LogP contribution in [-0.2, 0) is 22.4 Å². The summed E-state index contributed by atoms with van der Waals surface area (Å²) < 4.78 is 5.55. The molecule has 4 aromatic carbocycles. The minimum absolute atomic E-state index is 0.267. The standard InChI is InChI=1S/C34H29N3O3/c38-33(21-40-34(39)26-16-17-30-28(19-26)27-12-6-7-13-29(27)35-30)37-32(23-9-2-1-3-10-23)20-31(36-37)25-15-14-22-8-4-5-11-24(22)18-25/h1-5,8-11,14-19,32,35H,6-7,12-13,20-21H2. The molecule has 7 rings (SSSR count). The first kappa shape index (κ1) is 24.3. The number of hydrogen-bond donors (Lipinski definition) is 1. The van der Waals surface area contributed by atoms with E-state index in [0.717, 1.165) is 57.8 Å². The van der Waals surface area contributed by atoms with Gasteiger partial charge in [0, 0.05) is 23.0 Å². The van der Waals surface area contributed by atoms with Crippen molar-refractivity contribution in [2.45, 2.75) is 38.1 Å². The molecule has 198 valence electrons. The number of ether oxygens (including phenoxy) is 1. The predicted molar refractivity (Wildman–Crippen MR) is 156 cm³/mol. The Kier molecular flexibility index (Phi) is 6.16. The maximum absolute atomic E-state index is 13.5. The molecule has 0 spiro atoms. The van der Waals surface area contributed by atoms with Crippen molar-refractivity contribution in [3.8, 4) is 0 Å². The van der Waals surface area contributed by atoms with Gasteiger partial charge in [0.25, 0.3) is 5.91 Å². The van der Waals surface area contributed by atoms with Gasteiger partial charge in [-0.3, -0.25) is 4.79 Å². The van der Waals surface area contributed by atoms with Crippen LogP contribution in [0.3, 0.4) is 0 Å². The summed E-state index contributed by atoms with van der Waals surface area (Å²) in [5.41, 5.74) is 6.86. The van der Waals surface area contributed by atoms with Gasteiger partial charge in [0.15, 0.2) is 6.61 Å². The molecule has 0 radical (unpaired) electrons. The normalized spacial score (nSPS) is 16.6. The maximum Gasteiger partial charge on any atom is 0.338 e. The number of carbonyl (C=O) groups excluding carboxylic acids is 2. The Hall–Kier alpha value is -4.71. The minimum atomic E-state index is -0.504. The Morgan fingerprint density at radius 2 is 1.68 bits per heavy atom. The van der Waals surface area contributed by atoms with Gasteiger partial charge in [-0.15, -0.1) is 0 Å². The zero-order chi connectivity index (χ0) is 27.1. The molecule has 1 N–H and O–H groups in total. The van der Waals surface area contributed by atoms with Crippen molar-refractivity contribution in [3.63, 3.8) is 0 Å². The molecule has 0 saturated heterocycles. The number of aromatic amines is 1. The lowest BCUT2D eigenvalue weighted by Crippen LogP contribution is -2.31. The second-order valence-electron chi connectivity index (χ2n) is 10.6. The number of H-pyrrole nitrogens is 1. The summed E-state index contributed by atoms with van der Waals surface area (Å²) in [5, 5.41) is 9.60. The van der Waals surface area contributed by atoms with Crippen molar-refractivity contribution < 1.29 is 14.3 Å². The molecule has 1 aromatic heterocycles. The Morgan fingerprint density at radius 3 is 2.55 bits per heavy atom. The number of carbonyl (C=O) groups is 2. The highest BCUT2D eigenvalue weighted by atomic mass is 16.5. The van der Waals surface area contributed by atoms with E-state index in [-0.39, 0.29) is 18.6 Å². The molecular formula is C34H29N3O3. The lowest BCUT2D eigenvalue weighted by Gasteiger charge is -2.21. The van der Waals surface area contributed by atoms with E-state index >= 15 is 0 Å². The van der Waals surface area contributed by atoms with E-state index in [2.05, 4.69) is 29.2 Å². The molecule has 6 heteroatoms. The summed E-state index contributed by atoms with van der Waals surface area (Å²) in [6, 6.07) is 29.6. The molecule has 1 amide bonds. The van der Waals surface area contributed by atoms with E-state index in [4.69, 9.17) is 9.84 Å². The van der Waals surface area contributed by atoms with E-state index < -0.39 is 5.97 Å². The summed E-state index contributed by atoms with van der Waals surface area (Å²) in [5.74, 6) is -0.853. The molecule has 1 unspecified atom stereocenters. The molecule has 1 aliphatic heterocycles. The number of aryl methyl sites for hydroxylation is 2. The van der Waals surface area contributed by atoms with Crippen molar-refractivity contribution in [2.24, 2.45) is 5.10 Å². The predicted octanol–water partition coefficient (Wildman–Crippen LogP) is 6.73. The first-order valence-electron chi connectivity index (χ1n) is 13.9. The monoisotopic (exact) mass is 527 g/mol. The highest BCUT2D eigenvalue weighted by molar-refractivity contribution is 6.06. The number of hydrazone groups is 1. The molecule has 0 bridgehead atoms. The van der Waals surface area contributed by atoms with Crippen molar-refractivity contribution in [1.82, 2.24) is 9.99 Å². The second kappa shape index (κ2) is 10.1. The molecule has 0 saturated carbocycles. The van der Waals surface area contributed by atoms with Crippen LogP contribution >= 0.6 is 0 Å². The number of rotatable bonds is 5. The second-order valence-corrected chi connectivity index (χ2v) is 10.6. The van der Waals surface area contributed by atoms with Crippen molar-refractivity contribution in [3.05, 3.63) is 119 Å². The quantitative estimate of drug-likeness (QED) is 0.257. The summed E-state index contributed by atoms with van der Waals surface area (Å²) in [7, 11) is 0. The summed E-state index contributed by atoms with van der Waals surface area (Å²) in [4.78, 5) is 30.0. The first-order valence-corrected chi connectivity index (χ1v) is 13.9. The number of benzene rings is 4. The van der Waals surface area contributed by atoms with Gasteiger partial charge in [-0.25, -0.2) is 9.80 Å². The first-order chi connectivity index (χ1) is 19.6. The topological polar surface area (TPSA) is 74.8 Å². The fourth-order valence-corrected chi connectivity index (χ4v) is 6.03. The van der Waals surface area contributed by atoms with Gasteiger partial charge in [-0.2, -0.15) is 5.10 Å². The third kappa shape index (κ3) is 4.45. The molecule has 6 nitrogen and oxygen atoms in total. The fourth-order valence-electron chi connectivity index (χ4n) is 6.03. The van der Waals surface area contributed by atoms with Crippen LogP contribution in [0.5, 0.6) is 0 Å². The highest BCUT2D eigenvalue weighted by Gasteiger charge is 2.33. The van der Waals surface area contributed by atoms with Crippen LogP contribution in [-0.4, -0.2) is 34.2 Å². The average Bonchev–Trinajstić information content (AvgIpc) is 3.62. The van der Waals surface area contributed by atoms with Crippen LogP contribution in [0.15, 0.2) is 96.1 Å². The number of aromatic nitrogens is 1. The molecule has 2 aliphatic rings. The van der Waals surface area contributed by atoms with Gasteiger partial charge in [-0.05, 0) is 77.4 Å². The lowest BCUT2D eigenvalue weighted by atomic mass is 9.95. The zero-order valence-electron chi connectivity index (χ0n) is 22.1. The van der Waals surface area contributed by atoms with E-state index in [1.165, 1.54) is 22.7 Å². The number of hydrogen-bond acceptors (Lipinski definition) is 4. The molecule has 40 heavy (non-hydrogen) atoms. The van der Waals surface area contributed by atoms with Gasteiger partial charge in [0.2, 0.25) is 0 Å². The average molecular weight is 528 g/mol. The fraction of sp³-hybridized carbons (Fsp3) is 0.206. The van der Waals surface area contributed by atoms with Gasteiger partial charge in [-0.1, -0.05) is 66.7 Å². The van der Waals surface area contributed by atoms with Crippen LogP contribution in [0.4, 0.5) is 0 Å². The van der Waals surface area contributed by atoms with E-state index in [1.54, 1.807) is 6.07 Å². The molecular weight excluding hydrogens is 498 g/mol. The summed E-state index contributed by atoms with van der Waals surface area (Å²) >= 11 is 0. The van der Waals surface area contributed by atoms with Gasteiger partial charge >= 0.3 is 5.97 Å². The van der Waals surface area contributed by atoms with Crippen molar-refractivity contribution >= 4 is 39.3 Å². The molecule has 2 heterocycles. The Balaban J connectivity index is 1.12. The Bertz CT molecular complexity index is 1790. The van der Waals surface area contributed by atoms with Crippen molar-refractivity contribution in [1.29, 1.82) is 0 Å². The highest BCUT2D eigenvalue weighted by Crippen LogP contribution is 2.34. The largest absolute Gasteiger partial charge is 0.452 e. The number of fused-ring (bicyclic) bond motifs is 4. The van der Waals surface area contributed by atoms with Crippen LogP contribution in [0.2, 0.25) is 0 Å². The van der Waals surface area contributed by atoms with Crippen LogP contribution in [0.1, 0.15) is 58.0 Å². The Labute approximate surface area is 232 Å². The number of nitrogens with one attached hydrogen (secondary N) is 1. The van der Waals surface area contributed by atoms with Gasteiger partial charge in [0.1, 0.15) is 0 Å². The minimum Gasteiger partial charge on any atom is -0.452 e. The van der Waals surface area contributed by atoms with E-state index in [9.17, 15) is 9.59 Å². The van der Waals surface area contributed by atoms with Crippen LogP contribution in [0.25, 0.3) is 21.7 Å². The maximum atomic E-state index is 13.5. The summed E-state index contributed by atoms with van der Waals surface area (Å²) in [6.07, 6.45) is 4.97. The smallest absolute Gasteiger partial charge is 0.338 e. The van der Waals surface area contributed by atoms with Crippen LogP contribution in [0, 0.1) is 0 Å².